The summed E-state index contributed by atoms with van der Waals surface area (Å²) in [6.45, 7) is 4.19. The molecule has 2 rings (SSSR count). The first-order valence-corrected chi connectivity index (χ1v) is 7.25. The van der Waals surface area contributed by atoms with E-state index in [0.717, 1.165) is 19.5 Å². The molecule has 0 radical (unpaired) electrons. The molecule has 0 spiro atoms. The highest BCUT2D eigenvalue weighted by atomic mass is 16.4. The Bertz CT molecular complexity index is 323. The van der Waals surface area contributed by atoms with Crippen molar-refractivity contribution in [3.05, 3.63) is 0 Å². The lowest BCUT2D eigenvalue weighted by Gasteiger charge is -2.37. The number of β-amino-alcohol motifs (C(OH)–C–C–N with tert-alkyl or cyclic N) is 1. The van der Waals surface area contributed by atoms with Crippen LogP contribution in [-0.2, 0) is 4.79 Å². The zero-order valence-corrected chi connectivity index (χ0v) is 11.6. The maximum absolute atomic E-state index is 10.9. The van der Waals surface area contributed by atoms with Gasteiger partial charge in [0, 0.05) is 13.1 Å². The molecule has 2 fully saturated rings. The highest BCUT2D eigenvalue weighted by molar-refractivity contribution is 5.70. The average Bonchev–Trinajstić information content (AvgIpc) is 2.77. The minimum Gasteiger partial charge on any atom is -0.481 e. The molecule has 1 saturated heterocycles. The Morgan fingerprint density at radius 3 is 2.47 bits per heavy atom. The molecule has 1 aliphatic carbocycles. The van der Waals surface area contributed by atoms with E-state index in [1.54, 1.807) is 0 Å². The van der Waals surface area contributed by atoms with Gasteiger partial charge in [0.05, 0.1) is 17.6 Å². The van der Waals surface area contributed by atoms with Crippen LogP contribution in [0.15, 0.2) is 0 Å². The fraction of sp³-hybridized carbons (Fsp3) is 0.929. The smallest absolute Gasteiger partial charge is 0.306 e. The van der Waals surface area contributed by atoms with Crippen molar-refractivity contribution in [3.8, 4) is 0 Å². The maximum atomic E-state index is 10.9. The third-order valence-electron chi connectivity index (χ3n) is 4.77. The van der Waals surface area contributed by atoms with Crippen LogP contribution in [0.3, 0.4) is 0 Å². The lowest BCUT2D eigenvalue weighted by molar-refractivity contribution is -0.145. The van der Waals surface area contributed by atoms with Crippen molar-refractivity contribution < 1.29 is 20.1 Å². The quantitative estimate of drug-likeness (QED) is 0.701. The molecule has 110 valence electrons. The van der Waals surface area contributed by atoms with E-state index in [0.29, 0.717) is 38.1 Å². The number of likely N-dealkylation sites (tertiary alicyclic amines) is 1. The Hall–Kier alpha value is -0.650. The minimum absolute atomic E-state index is 0.288. The number of hydrogen-bond acceptors (Lipinski definition) is 4. The van der Waals surface area contributed by atoms with Crippen LogP contribution >= 0.6 is 0 Å². The van der Waals surface area contributed by atoms with E-state index in [1.165, 1.54) is 0 Å². The Balaban J connectivity index is 1.82. The number of aliphatic carboxylic acids is 1. The third-order valence-corrected chi connectivity index (χ3v) is 4.77. The normalized spacial score (nSPS) is 38.3. The number of carboxylic acids is 1. The van der Waals surface area contributed by atoms with Gasteiger partial charge in [-0.05, 0) is 51.5 Å². The number of aliphatic hydroxyl groups is 2. The first-order valence-electron chi connectivity index (χ1n) is 7.25. The van der Waals surface area contributed by atoms with Gasteiger partial charge in [0.1, 0.15) is 0 Å². The van der Waals surface area contributed by atoms with Crippen molar-refractivity contribution in [2.45, 2.75) is 50.7 Å². The van der Waals surface area contributed by atoms with E-state index >= 15 is 0 Å². The van der Waals surface area contributed by atoms with E-state index in [-0.39, 0.29) is 12.0 Å². The van der Waals surface area contributed by atoms with Gasteiger partial charge in [-0.2, -0.15) is 0 Å². The number of aliphatic hydroxyl groups excluding tert-OH is 1. The molecular weight excluding hydrogens is 246 g/mol. The Labute approximate surface area is 114 Å². The van der Waals surface area contributed by atoms with Gasteiger partial charge < -0.3 is 20.2 Å². The molecular formula is C14H25NO4. The first-order chi connectivity index (χ1) is 8.89. The molecule has 0 aromatic carbocycles. The molecule has 1 aliphatic heterocycles. The summed E-state index contributed by atoms with van der Waals surface area (Å²) in [7, 11) is 0. The summed E-state index contributed by atoms with van der Waals surface area (Å²) in [4.78, 5) is 13.1. The van der Waals surface area contributed by atoms with Gasteiger partial charge in [0.2, 0.25) is 0 Å². The van der Waals surface area contributed by atoms with Crippen LogP contribution in [0.4, 0.5) is 0 Å². The van der Waals surface area contributed by atoms with Crippen LogP contribution in [0.2, 0.25) is 0 Å². The molecule has 1 heterocycles. The Kier molecular flexibility index (Phi) is 4.48. The Morgan fingerprint density at radius 1 is 1.37 bits per heavy atom. The van der Waals surface area contributed by atoms with E-state index in [2.05, 4.69) is 4.90 Å². The molecule has 0 aromatic rings. The number of carbonyl (C=O) groups is 1. The summed E-state index contributed by atoms with van der Waals surface area (Å²) in [6, 6.07) is 0. The van der Waals surface area contributed by atoms with Crippen molar-refractivity contribution in [3.63, 3.8) is 0 Å². The minimum atomic E-state index is -0.739. The van der Waals surface area contributed by atoms with E-state index < -0.39 is 11.6 Å². The van der Waals surface area contributed by atoms with Crippen LogP contribution < -0.4 is 0 Å². The Morgan fingerprint density at radius 2 is 2.00 bits per heavy atom. The zero-order valence-electron chi connectivity index (χ0n) is 11.6. The molecule has 0 aromatic heterocycles. The summed E-state index contributed by atoms with van der Waals surface area (Å²) < 4.78 is 0. The summed E-state index contributed by atoms with van der Waals surface area (Å²) >= 11 is 0. The van der Waals surface area contributed by atoms with Crippen molar-refractivity contribution in [1.29, 1.82) is 0 Å². The fourth-order valence-corrected chi connectivity index (χ4v) is 3.38. The van der Waals surface area contributed by atoms with Gasteiger partial charge in [-0.1, -0.05) is 0 Å². The predicted molar refractivity (Wildman–Crippen MR) is 70.8 cm³/mol. The maximum Gasteiger partial charge on any atom is 0.306 e. The molecule has 3 N–H and O–H groups in total. The number of nitrogens with zero attached hydrogens (tertiary/aromatic N) is 1. The predicted octanol–water partition coefficient (Wildman–Crippen LogP) is 0.695. The second-order valence-electron chi connectivity index (χ2n) is 6.36. The largest absolute Gasteiger partial charge is 0.481 e. The summed E-state index contributed by atoms with van der Waals surface area (Å²) in [5.41, 5.74) is -0.737. The summed E-state index contributed by atoms with van der Waals surface area (Å²) in [5, 5.41) is 29.1. The highest BCUT2D eigenvalue weighted by Gasteiger charge is 2.38. The lowest BCUT2D eigenvalue weighted by atomic mass is 9.78. The summed E-state index contributed by atoms with van der Waals surface area (Å²) in [6.07, 6.45) is 2.96. The van der Waals surface area contributed by atoms with Crippen LogP contribution in [-0.4, -0.2) is 57.5 Å². The van der Waals surface area contributed by atoms with E-state index in [9.17, 15) is 15.0 Å². The molecule has 5 heteroatoms. The average molecular weight is 271 g/mol. The van der Waals surface area contributed by atoms with Crippen LogP contribution in [0.25, 0.3) is 0 Å². The standard InChI is InChI=1S/C14H25NO4/c1-10(16)12-4-7-15(8-12)9-14(19)5-2-11(3-6-14)13(17)18/h10-12,16,19H,2-9H2,1H3,(H,17,18). The molecule has 2 atom stereocenters. The van der Waals surface area contributed by atoms with Crippen molar-refractivity contribution in [2.75, 3.05) is 19.6 Å². The number of carboxylic acid groups (broad SMARTS) is 1. The monoisotopic (exact) mass is 271 g/mol. The second kappa shape index (κ2) is 5.77. The van der Waals surface area contributed by atoms with Crippen molar-refractivity contribution >= 4 is 5.97 Å². The van der Waals surface area contributed by atoms with Gasteiger partial charge in [-0.15, -0.1) is 0 Å². The molecule has 0 bridgehead atoms. The van der Waals surface area contributed by atoms with E-state index in [1.807, 2.05) is 6.92 Å². The second-order valence-corrected chi connectivity index (χ2v) is 6.36. The van der Waals surface area contributed by atoms with Gasteiger partial charge in [-0.25, -0.2) is 0 Å². The lowest BCUT2D eigenvalue weighted by Crippen LogP contribution is -2.45. The number of hydrogen-bond donors (Lipinski definition) is 3. The molecule has 5 nitrogen and oxygen atoms in total. The van der Waals surface area contributed by atoms with Crippen molar-refractivity contribution in [1.82, 2.24) is 4.90 Å². The van der Waals surface area contributed by atoms with Gasteiger partial charge in [0.25, 0.3) is 0 Å². The van der Waals surface area contributed by atoms with Gasteiger partial charge in [0.15, 0.2) is 0 Å². The SMILES string of the molecule is CC(O)C1CCN(CC2(O)CCC(C(=O)O)CC2)C1. The van der Waals surface area contributed by atoms with Crippen LogP contribution in [0.5, 0.6) is 0 Å². The molecule has 1 saturated carbocycles. The highest BCUT2D eigenvalue weighted by Crippen LogP contribution is 2.34. The molecule has 2 aliphatic rings. The van der Waals surface area contributed by atoms with Crippen molar-refractivity contribution in [2.24, 2.45) is 11.8 Å². The third kappa shape index (κ3) is 3.68. The first kappa shape index (κ1) is 14.8. The molecule has 0 amide bonds. The zero-order chi connectivity index (χ0) is 14.0. The molecule has 19 heavy (non-hydrogen) atoms. The van der Waals surface area contributed by atoms with Crippen LogP contribution in [0.1, 0.15) is 39.0 Å². The summed E-state index contributed by atoms with van der Waals surface area (Å²) in [5.74, 6) is -0.722. The topological polar surface area (TPSA) is 81.0 Å². The van der Waals surface area contributed by atoms with E-state index in [4.69, 9.17) is 5.11 Å². The number of rotatable bonds is 4. The molecule has 2 unspecified atom stereocenters. The van der Waals surface area contributed by atoms with Gasteiger partial charge in [-0.3, -0.25) is 4.79 Å². The fourth-order valence-electron chi connectivity index (χ4n) is 3.38. The van der Waals surface area contributed by atoms with Crippen LogP contribution in [0, 0.1) is 11.8 Å². The van der Waals surface area contributed by atoms with Gasteiger partial charge >= 0.3 is 5.97 Å².